The van der Waals surface area contributed by atoms with Gasteiger partial charge in [0.2, 0.25) is 0 Å². The smallest absolute Gasteiger partial charge is 0.317 e. The van der Waals surface area contributed by atoms with E-state index in [0.29, 0.717) is 24.2 Å². The van der Waals surface area contributed by atoms with Gasteiger partial charge < -0.3 is 15.1 Å². The maximum Gasteiger partial charge on any atom is 0.317 e. The van der Waals surface area contributed by atoms with E-state index < -0.39 is 0 Å². The molecule has 3 aliphatic rings. The molecular formula is C22H40N4O2. The van der Waals surface area contributed by atoms with Crippen molar-refractivity contribution in [2.45, 2.75) is 77.3 Å². The van der Waals surface area contributed by atoms with Crippen molar-refractivity contribution in [2.75, 3.05) is 45.8 Å². The summed E-state index contributed by atoms with van der Waals surface area (Å²) in [5, 5.41) is 3.31. The van der Waals surface area contributed by atoms with Crippen LogP contribution in [0.2, 0.25) is 0 Å². The molecule has 0 unspecified atom stereocenters. The molecule has 28 heavy (non-hydrogen) atoms. The van der Waals surface area contributed by atoms with Crippen LogP contribution >= 0.6 is 0 Å². The van der Waals surface area contributed by atoms with Crippen molar-refractivity contribution in [3.05, 3.63) is 0 Å². The Labute approximate surface area is 171 Å². The number of nitrogens with one attached hydrogen (secondary N) is 1. The first-order chi connectivity index (χ1) is 13.6. The molecule has 3 rings (SSSR count). The summed E-state index contributed by atoms with van der Waals surface area (Å²) >= 11 is 0. The number of amides is 2. The largest absolute Gasteiger partial charge is 0.334 e. The van der Waals surface area contributed by atoms with Crippen LogP contribution in [0, 0.1) is 5.92 Å². The van der Waals surface area contributed by atoms with E-state index >= 15 is 0 Å². The Morgan fingerprint density at radius 1 is 1.18 bits per heavy atom. The minimum absolute atomic E-state index is 0.0709. The zero-order valence-electron chi connectivity index (χ0n) is 18.0. The number of ketones is 1. The van der Waals surface area contributed by atoms with Crippen LogP contribution in [0.15, 0.2) is 0 Å². The molecule has 1 saturated carbocycles. The van der Waals surface area contributed by atoms with Crippen molar-refractivity contribution in [3.63, 3.8) is 0 Å². The molecule has 0 aromatic carbocycles. The van der Waals surface area contributed by atoms with Crippen molar-refractivity contribution in [3.8, 4) is 0 Å². The molecule has 2 heterocycles. The minimum atomic E-state index is 0.0709. The molecule has 0 aromatic rings. The van der Waals surface area contributed by atoms with E-state index in [0.717, 1.165) is 58.4 Å². The average molecular weight is 393 g/mol. The zero-order chi connectivity index (χ0) is 19.9. The number of carbonyl (C=O) groups is 2. The highest BCUT2D eigenvalue weighted by molar-refractivity contribution is 5.79. The summed E-state index contributed by atoms with van der Waals surface area (Å²) < 4.78 is 0. The minimum Gasteiger partial charge on any atom is -0.334 e. The summed E-state index contributed by atoms with van der Waals surface area (Å²) in [6.45, 7) is 11.1. The van der Waals surface area contributed by atoms with Gasteiger partial charge in [-0.15, -0.1) is 0 Å². The van der Waals surface area contributed by atoms with Crippen LogP contribution in [0.3, 0.4) is 0 Å². The van der Waals surface area contributed by atoms with Crippen molar-refractivity contribution in [1.82, 2.24) is 20.0 Å². The fraction of sp³-hybridized carbons (Fsp3) is 0.909. The molecule has 0 bridgehead atoms. The van der Waals surface area contributed by atoms with Gasteiger partial charge in [0.05, 0.1) is 0 Å². The first-order valence-electron chi connectivity index (χ1n) is 11.6. The molecule has 0 radical (unpaired) electrons. The molecular weight excluding hydrogens is 352 g/mol. The number of likely N-dealkylation sites (tertiary alicyclic amines) is 2. The number of rotatable bonds is 7. The van der Waals surface area contributed by atoms with Gasteiger partial charge in [0.15, 0.2) is 0 Å². The molecule has 0 spiro atoms. The molecule has 3 atom stereocenters. The van der Waals surface area contributed by atoms with Crippen LogP contribution in [-0.2, 0) is 4.79 Å². The van der Waals surface area contributed by atoms with Crippen molar-refractivity contribution < 1.29 is 9.59 Å². The van der Waals surface area contributed by atoms with Crippen LogP contribution in [0.1, 0.15) is 65.2 Å². The molecule has 2 amide bonds. The Morgan fingerprint density at radius 3 is 2.68 bits per heavy atom. The van der Waals surface area contributed by atoms with Crippen molar-refractivity contribution in [1.29, 1.82) is 0 Å². The molecule has 160 valence electrons. The van der Waals surface area contributed by atoms with E-state index in [1.54, 1.807) is 0 Å². The fourth-order valence-corrected chi connectivity index (χ4v) is 5.42. The first kappa shape index (κ1) is 21.6. The highest BCUT2D eigenvalue weighted by Gasteiger charge is 2.39. The summed E-state index contributed by atoms with van der Waals surface area (Å²) in [6.07, 6.45) is 8.42. The van der Waals surface area contributed by atoms with Gasteiger partial charge in [-0.05, 0) is 64.6 Å². The number of hydrogen-bond donors (Lipinski definition) is 1. The van der Waals surface area contributed by atoms with Gasteiger partial charge in [0, 0.05) is 51.1 Å². The second-order valence-electron chi connectivity index (χ2n) is 8.97. The van der Waals surface area contributed by atoms with Gasteiger partial charge >= 0.3 is 6.03 Å². The summed E-state index contributed by atoms with van der Waals surface area (Å²) in [4.78, 5) is 31.9. The highest BCUT2D eigenvalue weighted by atomic mass is 16.2. The van der Waals surface area contributed by atoms with E-state index in [1.807, 2.05) is 4.90 Å². The second-order valence-corrected chi connectivity index (χ2v) is 8.97. The lowest BCUT2D eigenvalue weighted by Gasteiger charge is -2.47. The topological polar surface area (TPSA) is 55.9 Å². The number of fused-ring (bicyclic) bond motifs is 1. The van der Waals surface area contributed by atoms with Gasteiger partial charge in [-0.2, -0.15) is 0 Å². The number of urea groups is 1. The van der Waals surface area contributed by atoms with Crippen LogP contribution in [-0.4, -0.2) is 84.4 Å². The van der Waals surface area contributed by atoms with Gasteiger partial charge in [0.1, 0.15) is 5.78 Å². The maximum atomic E-state index is 12.9. The Balaban J connectivity index is 1.52. The predicted molar refractivity (Wildman–Crippen MR) is 112 cm³/mol. The van der Waals surface area contributed by atoms with E-state index in [2.05, 4.69) is 29.0 Å². The lowest BCUT2D eigenvalue weighted by atomic mass is 9.76. The zero-order valence-corrected chi connectivity index (χ0v) is 18.0. The van der Waals surface area contributed by atoms with Crippen molar-refractivity contribution in [2.24, 2.45) is 5.92 Å². The van der Waals surface area contributed by atoms with Gasteiger partial charge in [0.25, 0.3) is 0 Å². The first-order valence-corrected chi connectivity index (χ1v) is 11.6. The Bertz CT molecular complexity index is 521. The standard InChI is InChI=1S/C22H40N4O2/c1-3-10-26-17-19(15-18-16-20(27)8-9-21(18)26)23-22(28)25(4-2)14-13-24-11-6-5-7-12-24/h18-19,21H,3-17H2,1-2H3,(H,23,28)/t18-,19+,21-/m1/s1. The van der Waals surface area contributed by atoms with Gasteiger partial charge in [-0.3, -0.25) is 9.69 Å². The molecule has 0 aromatic heterocycles. The van der Waals surface area contributed by atoms with Crippen LogP contribution in [0.25, 0.3) is 0 Å². The van der Waals surface area contributed by atoms with Gasteiger partial charge in [-0.25, -0.2) is 4.79 Å². The molecule has 1 N–H and O–H groups in total. The van der Waals surface area contributed by atoms with E-state index in [-0.39, 0.29) is 12.1 Å². The normalized spacial score (nSPS) is 29.4. The summed E-state index contributed by atoms with van der Waals surface area (Å²) in [6, 6.07) is 0.768. The summed E-state index contributed by atoms with van der Waals surface area (Å²) in [7, 11) is 0. The van der Waals surface area contributed by atoms with Gasteiger partial charge in [-0.1, -0.05) is 13.3 Å². The third-order valence-electron chi connectivity index (χ3n) is 6.91. The Kier molecular flexibility index (Phi) is 8.15. The average Bonchev–Trinajstić information content (AvgIpc) is 2.69. The number of Topliss-reactive ketones (excluding diaryl/α,β-unsaturated/α-hetero) is 1. The third-order valence-corrected chi connectivity index (χ3v) is 6.91. The molecule has 6 nitrogen and oxygen atoms in total. The number of likely N-dealkylation sites (N-methyl/N-ethyl adjacent to an activating group) is 1. The second kappa shape index (κ2) is 10.6. The molecule has 3 fully saturated rings. The quantitative estimate of drug-likeness (QED) is 0.724. The highest BCUT2D eigenvalue weighted by Crippen LogP contribution is 2.34. The molecule has 6 heteroatoms. The monoisotopic (exact) mass is 392 g/mol. The Morgan fingerprint density at radius 2 is 1.96 bits per heavy atom. The number of carbonyl (C=O) groups excluding carboxylic acids is 2. The lowest BCUT2D eigenvalue weighted by Crippen LogP contribution is -2.59. The SMILES string of the molecule is CCCN1C[C@@H](NC(=O)N(CC)CCN2CCCCC2)C[C@@H]2CC(=O)CC[C@H]21. The van der Waals surface area contributed by atoms with E-state index in [9.17, 15) is 9.59 Å². The maximum absolute atomic E-state index is 12.9. The van der Waals surface area contributed by atoms with E-state index in [4.69, 9.17) is 0 Å². The third kappa shape index (κ3) is 5.69. The van der Waals surface area contributed by atoms with Crippen LogP contribution < -0.4 is 5.32 Å². The number of nitrogens with zero attached hydrogens (tertiary/aromatic N) is 3. The fourth-order valence-electron chi connectivity index (χ4n) is 5.42. The number of hydrogen-bond acceptors (Lipinski definition) is 4. The number of piperidine rings is 2. The predicted octanol–water partition coefficient (Wildman–Crippen LogP) is 2.73. The van der Waals surface area contributed by atoms with Crippen LogP contribution in [0.5, 0.6) is 0 Å². The van der Waals surface area contributed by atoms with E-state index in [1.165, 1.54) is 32.4 Å². The van der Waals surface area contributed by atoms with Crippen molar-refractivity contribution >= 4 is 11.8 Å². The molecule has 1 aliphatic carbocycles. The summed E-state index contributed by atoms with van der Waals surface area (Å²) in [5.41, 5.74) is 0. The molecule has 2 saturated heterocycles. The molecule has 2 aliphatic heterocycles. The summed E-state index contributed by atoms with van der Waals surface area (Å²) in [5.74, 6) is 0.816. The lowest BCUT2D eigenvalue weighted by molar-refractivity contribution is -0.124. The van der Waals surface area contributed by atoms with Crippen LogP contribution in [0.4, 0.5) is 4.79 Å². The Hall–Kier alpha value is -1.14.